The normalized spacial score (nSPS) is 24.3. The first kappa shape index (κ1) is 19.8. The van der Waals surface area contributed by atoms with Crippen molar-refractivity contribution in [3.8, 4) is 5.75 Å². The highest BCUT2D eigenvalue weighted by Gasteiger charge is 2.40. The Morgan fingerprint density at radius 2 is 2.25 bits per heavy atom. The van der Waals surface area contributed by atoms with Gasteiger partial charge in [0.1, 0.15) is 22.1 Å². The Balaban J connectivity index is 1.15. The van der Waals surface area contributed by atoms with Crippen LogP contribution in [0.1, 0.15) is 27.3 Å². The number of thiophene rings is 1. The zero-order chi connectivity index (χ0) is 21.8. The average molecular weight is 450 g/mol. The summed E-state index contributed by atoms with van der Waals surface area (Å²) in [4.78, 5) is 21.2. The number of amides is 1. The number of pyridine rings is 1. The number of nitrogens with one attached hydrogen (secondary N) is 2. The number of aromatic nitrogens is 1. The van der Waals surface area contributed by atoms with Crippen LogP contribution in [0, 0.1) is 12.8 Å². The van der Waals surface area contributed by atoms with Gasteiger partial charge in [0.25, 0.3) is 5.91 Å². The molecule has 3 aliphatic rings. The summed E-state index contributed by atoms with van der Waals surface area (Å²) in [5.74, 6) is 1.59. The summed E-state index contributed by atoms with van der Waals surface area (Å²) >= 11 is 1.34. The summed E-state index contributed by atoms with van der Waals surface area (Å²) in [7, 11) is 0. The molecule has 0 radical (unpaired) electrons. The smallest absolute Gasteiger partial charge is 0.263 e. The third-order valence-corrected chi connectivity index (χ3v) is 8.10. The first-order valence-corrected chi connectivity index (χ1v) is 12.1. The fraction of sp³-hybridized carbons (Fsp3) is 0.417. The molecule has 3 aromatic rings. The van der Waals surface area contributed by atoms with Crippen LogP contribution in [0.15, 0.2) is 30.3 Å². The largest absolute Gasteiger partial charge is 0.491 e. The standard InChI is InChI=1S/C24H27N5O2S/c1-13-2-5-18-21(25)22(32-24(18)27-13)23(30)28-16-8-14-3-4-17(9-20(14)31-12-16)29-11-15-6-7-26-10-19(15)29/h2-5,9,15-16,19,26H,6-8,10-12,25H2,1H3,(H,28,30)/t15-,16+,19-/m0/s1. The predicted molar refractivity (Wildman–Crippen MR) is 128 cm³/mol. The summed E-state index contributed by atoms with van der Waals surface area (Å²) in [6.45, 7) is 5.72. The van der Waals surface area contributed by atoms with Gasteiger partial charge < -0.3 is 26.0 Å². The molecule has 4 N–H and O–H groups in total. The van der Waals surface area contributed by atoms with Crippen molar-refractivity contribution in [3.63, 3.8) is 0 Å². The molecule has 2 fully saturated rings. The molecule has 7 nitrogen and oxygen atoms in total. The second-order valence-electron chi connectivity index (χ2n) is 9.10. The fourth-order valence-electron chi connectivity index (χ4n) is 5.16. The third-order valence-electron chi connectivity index (χ3n) is 6.98. The molecule has 166 valence electrons. The molecule has 1 aromatic carbocycles. The first-order chi connectivity index (χ1) is 15.6. The minimum atomic E-state index is -0.159. The summed E-state index contributed by atoms with van der Waals surface area (Å²) in [5, 5.41) is 7.45. The molecule has 3 aliphatic heterocycles. The van der Waals surface area contributed by atoms with Crippen LogP contribution >= 0.6 is 11.3 Å². The van der Waals surface area contributed by atoms with Gasteiger partial charge in [0, 0.05) is 42.0 Å². The zero-order valence-corrected chi connectivity index (χ0v) is 18.9. The molecule has 2 saturated heterocycles. The summed E-state index contributed by atoms with van der Waals surface area (Å²) in [6.07, 6.45) is 2.01. The Hall–Kier alpha value is -2.84. The highest BCUT2D eigenvalue weighted by atomic mass is 32.1. The van der Waals surface area contributed by atoms with E-state index < -0.39 is 0 Å². The molecule has 32 heavy (non-hydrogen) atoms. The number of carbonyl (C=O) groups excluding carboxylic acids is 1. The van der Waals surface area contributed by atoms with Gasteiger partial charge in [0.05, 0.1) is 11.7 Å². The Morgan fingerprint density at radius 3 is 3.12 bits per heavy atom. The molecular formula is C24H27N5O2S. The van der Waals surface area contributed by atoms with E-state index in [4.69, 9.17) is 10.5 Å². The maximum absolute atomic E-state index is 12.9. The van der Waals surface area contributed by atoms with E-state index in [1.165, 1.54) is 23.4 Å². The fourth-order valence-corrected chi connectivity index (χ4v) is 6.21. The molecule has 5 heterocycles. The molecule has 3 atom stereocenters. The molecule has 0 bridgehead atoms. The van der Waals surface area contributed by atoms with Gasteiger partial charge in [-0.1, -0.05) is 6.07 Å². The van der Waals surface area contributed by atoms with E-state index in [9.17, 15) is 4.79 Å². The maximum Gasteiger partial charge on any atom is 0.263 e. The van der Waals surface area contributed by atoms with Crippen LogP contribution in [0.2, 0.25) is 0 Å². The molecule has 0 saturated carbocycles. The van der Waals surface area contributed by atoms with Crippen LogP contribution in [0.5, 0.6) is 5.75 Å². The van der Waals surface area contributed by atoms with E-state index >= 15 is 0 Å². The molecule has 6 rings (SSSR count). The van der Waals surface area contributed by atoms with Crippen LogP contribution in [0.3, 0.4) is 0 Å². The molecule has 8 heteroatoms. The Kier molecular flexibility index (Phi) is 4.73. The lowest BCUT2D eigenvalue weighted by atomic mass is 9.82. The van der Waals surface area contributed by atoms with Gasteiger partial charge in [-0.05, 0) is 56.0 Å². The molecule has 0 aliphatic carbocycles. The first-order valence-electron chi connectivity index (χ1n) is 11.3. The number of ether oxygens (including phenoxy) is 1. The van der Waals surface area contributed by atoms with E-state index in [0.717, 1.165) is 59.2 Å². The number of aryl methyl sites for hydroxylation is 1. The van der Waals surface area contributed by atoms with Crippen molar-refractivity contribution in [2.75, 3.05) is 36.9 Å². The second kappa shape index (κ2) is 7.64. The van der Waals surface area contributed by atoms with E-state index in [1.54, 1.807) is 0 Å². The van der Waals surface area contributed by atoms with Crippen LogP contribution in [0.25, 0.3) is 10.2 Å². The van der Waals surface area contributed by atoms with Crippen LogP contribution in [0.4, 0.5) is 11.4 Å². The number of nitrogen functional groups attached to an aromatic ring is 1. The van der Waals surface area contributed by atoms with E-state index in [2.05, 4.69) is 38.7 Å². The minimum Gasteiger partial charge on any atom is -0.491 e. The molecule has 0 spiro atoms. The number of nitrogens with two attached hydrogens (primary N) is 1. The minimum absolute atomic E-state index is 0.0870. The number of rotatable bonds is 3. The predicted octanol–water partition coefficient (Wildman–Crippen LogP) is 2.72. The van der Waals surface area contributed by atoms with Gasteiger partial charge in [-0.3, -0.25) is 4.79 Å². The van der Waals surface area contributed by atoms with Crippen LogP contribution < -0.4 is 26.0 Å². The second-order valence-corrected chi connectivity index (χ2v) is 10.1. The Morgan fingerprint density at radius 1 is 1.34 bits per heavy atom. The number of anilines is 2. The number of nitrogens with zero attached hydrogens (tertiary/aromatic N) is 2. The summed E-state index contributed by atoms with van der Waals surface area (Å²) in [5.41, 5.74) is 10.0. The van der Waals surface area contributed by atoms with Crippen molar-refractivity contribution < 1.29 is 9.53 Å². The number of benzene rings is 1. The Bertz CT molecular complexity index is 1210. The Labute approximate surface area is 191 Å². The SMILES string of the molecule is Cc1ccc2c(N)c(C(=O)N[C@H]3COc4cc(N5C[C@@H]6CCNC[C@@H]65)ccc4C3)sc2n1. The van der Waals surface area contributed by atoms with E-state index in [-0.39, 0.29) is 11.9 Å². The van der Waals surface area contributed by atoms with E-state index in [1.807, 2.05) is 19.1 Å². The highest BCUT2D eigenvalue weighted by molar-refractivity contribution is 7.21. The van der Waals surface area contributed by atoms with Gasteiger partial charge in [-0.25, -0.2) is 4.98 Å². The summed E-state index contributed by atoms with van der Waals surface area (Å²) in [6, 6.07) is 10.9. The van der Waals surface area contributed by atoms with Gasteiger partial charge in [-0.2, -0.15) is 0 Å². The molecule has 2 aromatic heterocycles. The van der Waals surface area contributed by atoms with Crippen molar-refractivity contribution in [3.05, 3.63) is 46.5 Å². The van der Waals surface area contributed by atoms with Crippen molar-refractivity contribution in [1.29, 1.82) is 0 Å². The number of fused-ring (bicyclic) bond motifs is 3. The van der Waals surface area contributed by atoms with E-state index in [0.29, 0.717) is 23.2 Å². The molecule has 1 amide bonds. The third kappa shape index (κ3) is 3.29. The van der Waals surface area contributed by atoms with Crippen LogP contribution in [-0.4, -0.2) is 49.2 Å². The maximum atomic E-state index is 12.9. The quantitative estimate of drug-likeness (QED) is 0.569. The lowest BCUT2D eigenvalue weighted by Gasteiger charge is -2.52. The van der Waals surface area contributed by atoms with Gasteiger partial charge >= 0.3 is 0 Å². The number of hydrogen-bond acceptors (Lipinski definition) is 7. The topological polar surface area (TPSA) is 92.5 Å². The molecule has 0 unspecified atom stereocenters. The van der Waals surface area contributed by atoms with Crippen molar-refractivity contribution in [1.82, 2.24) is 15.6 Å². The van der Waals surface area contributed by atoms with Crippen LogP contribution in [-0.2, 0) is 6.42 Å². The monoisotopic (exact) mass is 449 g/mol. The van der Waals surface area contributed by atoms with Gasteiger partial charge in [0.15, 0.2) is 0 Å². The number of piperidine rings is 1. The van der Waals surface area contributed by atoms with Crippen molar-refractivity contribution in [2.24, 2.45) is 5.92 Å². The van der Waals surface area contributed by atoms with Crippen molar-refractivity contribution in [2.45, 2.75) is 31.8 Å². The summed E-state index contributed by atoms with van der Waals surface area (Å²) < 4.78 is 6.08. The average Bonchev–Trinajstić information content (AvgIpc) is 3.10. The van der Waals surface area contributed by atoms with Gasteiger partial charge in [0.2, 0.25) is 0 Å². The van der Waals surface area contributed by atoms with Crippen molar-refractivity contribution >= 4 is 38.8 Å². The van der Waals surface area contributed by atoms with Gasteiger partial charge in [-0.15, -0.1) is 11.3 Å². The lowest BCUT2D eigenvalue weighted by Crippen LogP contribution is -2.63. The molecular weight excluding hydrogens is 422 g/mol. The number of carbonyl (C=O) groups is 1. The highest BCUT2D eigenvalue weighted by Crippen LogP contribution is 2.38. The zero-order valence-electron chi connectivity index (χ0n) is 18.1. The number of hydrogen-bond donors (Lipinski definition) is 3. The lowest BCUT2D eigenvalue weighted by molar-refractivity contribution is 0.0920.